The highest BCUT2D eigenvalue weighted by Crippen LogP contribution is 2.20. The van der Waals surface area contributed by atoms with Gasteiger partial charge in [0.25, 0.3) is 0 Å². The van der Waals surface area contributed by atoms with Crippen LogP contribution in [0.25, 0.3) is 0 Å². The van der Waals surface area contributed by atoms with E-state index in [1.165, 1.54) is 0 Å². The Balaban J connectivity index is 2.09. The molecule has 0 aliphatic heterocycles. The van der Waals surface area contributed by atoms with Gasteiger partial charge < -0.3 is 10.5 Å². The topological polar surface area (TPSA) is 35.2 Å². The van der Waals surface area contributed by atoms with Crippen LogP contribution < -0.4 is 5.73 Å². The van der Waals surface area contributed by atoms with Crippen molar-refractivity contribution in [2.24, 2.45) is 11.7 Å². The molecular weight excluding hydrogens is 150 g/mol. The maximum absolute atomic E-state index is 5.80. The minimum Gasteiger partial charge on any atom is -0.378 e. The van der Waals surface area contributed by atoms with Crippen LogP contribution in [0.15, 0.2) is 0 Å². The van der Waals surface area contributed by atoms with Crippen LogP contribution in [0.5, 0.6) is 0 Å². The fraction of sp³-hybridized carbons (Fsp3) is 1.00. The van der Waals surface area contributed by atoms with Crippen molar-refractivity contribution in [1.29, 1.82) is 0 Å². The summed E-state index contributed by atoms with van der Waals surface area (Å²) in [7, 11) is 0. The predicted octanol–water partition coefficient (Wildman–Crippen LogP) is 1.93. The second-order valence-electron chi connectivity index (χ2n) is 4.26. The molecule has 0 radical (unpaired) electrons. The second kappa shape index (κ2) is 4.83. The first kappa shape index (κ1) is 10.0. The van der Waals surface area contributed by atoms with E-state index in [-0.39, 0.29) is 0 Å². The van der Waals surface area contributed by atoms with Crippen molar-refractivity contribution in [3.8, 4) is 0 Å². The van der Waals surface area contributed by atoms with E-state index < -0.39 is 0 Å². The third-order valence-corrected chi connectivity index (χ3v) is 2.38. The van der Waals surface area contributed by atoms with Gasteiger partial charge in [-0.25, -0.2) is 0 Å². The Hall–Kier alpha value is -0.0800. The summed E-state index contributed by atoms with van der Waals surface area (Å²) in [6, 6.07) is 0.434. The first-order chi connectivity index (χ1) is 5.68. The van der Waals surface area contributed by atoms with Gasteiger partial charge in [0, 0.05) is 12.6 Å². The molecule has 0 bridgehead atoms. The van der Waals surface area contributed by atoms with Gasteiger partial charge in [-0.2, -0.15) is 0 Å². The van der Waals surface area contributed by atoms with Gasteiger partial charge in [0.1, 0.15) is 0 Å². The quantitative estimate of drug-likeness (QED) is 0.704. The molecule has 2 heteroatoms. The fourth-order valence-electron chi connectivity index (χ4n) is 1.58. The fourth-order valence-corrected chi connectivity index (χ4v) is 1.58. The molecule has 0 amide bonds. The van der Waals surface area contributed by atoms with Crippen LogP contribution in [0, 0.1) is 5.92 Å². The lowest BCUT2D eigenvalue weighted by molar-refractivity contribution is 0.0109. The number of nitrogens with two attached hydrogens (primary N) is 1. The van der Waals surface area contributed by atoms with Gasteiger partial charge in [-0.3, -0.25) is 0 Å². The lowest BCUT2D eigenvalue weighted by atomic mass is 9.94. The van der Waals surface area contributed by atoms with E-state index in [1.807, 2.05) is 0 Å². The highest BCUT2D eigenvalue weighted by Gasteiger charge is 2.18. The van der Waals surface area contributed by atoms with E-state index in [0.29, 0.717) is 18.1 Å². The lowest BCUT2D eigenvalue weighted by Crippen LogP contribution is -2.30. The van der Waals surface area contributed by atoms with Gasteiger partial charge in [-0.1, -0.05) is 13.8 Å². The van der Waals surface area contributed by atoms with Crippen molar-refractivity contribution in [2.45, 2.75) is 51.7 Å². The Morgan fingerprint density at radius 3 is 2.33 bits per heavy atom. The van der Waals surface area contributed by atoms with E-state index in [2.05, 4.69) is 13.8 Å². The predicted molar refractivity (Wildman–Crippen MR) is 51.0 cm³/mol. The van der Waals surface area contributed by atoms with Crippen molar-refractivity contribution in [2.75, 3.05) is 6.61 Å². The summed E-state index contributed by atoms with van der Waals surface area (Å²) in [5, 5.41) is 0. The van der Waals surface area contributed by atoms with Crippen molar-refractivity contribution in [3.05, 3.63) is 0 Å². The summed E-state index contributed by atoms with van der Waals surface area (Å²) in [4.78, 5) is 0. The Morgan fingerprint density at radius 1 is 1.25 bits per heavy atom. The summed E-state index contributed by atoms with van der Waals surface area (Å²) < 4.78 is 5.74. The lowest BCUT2D eigenvalue weighted by Gasteiger charge is -2.26. The zero-order chi connectivity index (χ0) is 8.97. The molecule has 12 heavy (non-hydrogen) atoms. The summed E-state index contributed by atoms with van der Waals surface area (Å²) in [6.45, 7) is 5.28. The molecule has 0 aromatic rings. The van der Waals surface area contributed by atoms with E-state index in [9.17, 15) is 0 Å². The van der Waals surface area contributed by atoms with Gasteiger partial charge in [0.2, 0.25) is 0 Å². The van der Waals surface area contributed by atoms with Crippen LogP contribution in [0.4, 0.5) is 0 Å². The molecule has 0 atom stereocenters. The van der Waals surface area contributed by atoms with Gasteiger partial charge >= 0.3 is 0 Å². The molecule has 0 saturated heterocycles. The van der Waals surface area contributed by atoms with E-state index in [0.717, 1.165) is 32.3 Å². The van der Waals surface area contributed by atoms with Crippen molar-refractivity contribution in [3.63, 3.8) is 0 Å². The molecule has 0 aromatic heterocycles. The van der Waals surface area contributed by atoms with Crippen LogP contribution in [0.3, 0.4) is 0 Å². The standard InChI is InChI=1S/C10H21NO/c1-8(2)7-12-10-5-3-9(11)4-6-10/h8-10H,3-7,11H2,1-2H3/t9-,10-. The van der Waals surface area contributed by atoms with E-state index >= 15 is 0 Å². The molecule has 1 saturated carbocycles. The number of hydrogen-bond acceptors (Lipinski definition) is 2. The van der Waals surface area contributed by atoms with Gasteiger partial charge in [-0.15, -0.1) is 0 Å². The summed E-state index contributed by atoms with van der Waals surface area (Å²) in [5.41, 5.74) is 5.80. The highest BCUT2D eigenvalue weighted by atomic mass is 16.5. The molecule has 0 spiro atoms. The molecule has 0 heterocycles. The molecule has 0 aromatic carbocycles. The zero-order valence-electron chi connectivity index (χ0n) is 8.25. The van der Waals surface area contributed by atoms with Gasteiger partial charge in [0.05, 0.1) is 6.10 Å². The maximum atomic E-state index is 5.80. The Morgan fingerprint density at radius 2 is 1.83 bits per heavy atom. The van der Waals surface area contributed by atoms with E-state index in [4.69, 9.17) is 10.5 Å². The largest absolute Gasteiger partial charge is 0.378 e. The Kier molecular flexibility index (Phi) is 4.02. The molecule has 2 nitrogen and oxygen atoms in total. The molecule has 1 fully saturated rings. The monoisotopic (exact) mass is 171 g/mol. The summed E-state index contributed by atoms with van der Waals surface area (Å²) in [6.07, 6.45) is 5.10. The van der Waals surface area contributed by atoms with Crippen LogP contribution in [0.1, 0.15) is 39.5 Å². The molecular formula is C10H21NO. The van der Waals surface area contributed by atoms with Crippen LogP contribution >= 0.6 is 0 Å². The zero-order valence-corrected chi connectivity index (χ0v) is 8.25. The first-order valence-electron chi connectivity index (χ1n) is 5.05. The third-order valence-electron chi connectivity index (χ3n) is 2.38. The van der Waals surface area contributed by atoms with Crippen LogP contribution in [0.2, 0.25) is 0 Å². The van der Waals surface area contributed by atoms with E-state index in [1.54, 1.807) is 0 Å². The third kappa shape index (κ3) is 3.55. The SMILES string of the molecule is CC(C)CO[C@H]1CC[C@H](N)CC1. The van der Waals surface area contributed by atoms with Crippen molar-refractivity contribution >= 4 is 0 Å². The minimum absolute atomic E-state index is 0.434. The number of hydrogen-bond donors (Lipinski definition) is 1. The first-order valence-corrected chi connectivity index (χ1v) is 5.05. The summed E-state index contributed by atoms with van der Waals surface area (Å²) in [5.74, 6) is 0.653. The molecule has 2 N–H and O–H groups in total. The maximum Gasteiger partial charge on any atom is 0.0576 e. The average molecular weight is 171 g/mol. The minimum atomic E-state index is 0.434. The summed E-state index contributed by atoms with van der Waals surface area (Å²) >= 11 is 0. The second-order valence-corrected chi connectivity index (χ2v) is 4.26. The van der Waals surface area contributed by atoms with Crippen molar-refractivity contribution in [1.82, 2.24) is 0 Å². The Labute approximate surface area is 75.5 Å². The van der Waals surface area contributed by atoms with Gasteiger partial charge in [0.15, 0.2) is 0 Å². The molecule has 1 aliphatic carbocycles. The molecule has 1 aliphatic rings. The smallest absolute Gasteiger partial charge is 0.0576 e. The number of ether oxygens (including phenoxy) is 1. The average Bonchev–Trinajstić information content (AvgIpc) is 2.03. The van der Waals surface area contributed by atoms with Crippen LogP contribution in [-0.4, -0.2) is 18.8 Å². The molecule has 72 valence electrons. The van der Waals surface area contributed by atoms with Crippen LogP contribution in [-0.2, 0) is 4.74 Å². The highest BCUT2D eigenvalue weighted by molar-refractivity contribution is 4.74. The molecule has 0 unspecified atom stereocenters. The normalized spacial score (nSPS) is 31.0. The molecule has 1 rings (SSSR count). The van der Waals surface area contributed by atoms with Gasteiger partial charge in [-0.05, 0) is 31.6 Å². The number of rotatable bonds is 3. The van der Waals surface area contributed by atoms with Crippen molar-refractivity contribution < 1.29 is 4.74 Å². The Bertz CT molecular complexity index is 117.